The first-order valence-corrected chi connectivity index (χ1v) is 5.32. The van der Waals surface area contributed by atoms with Crippen molar-refractivity contribution in [1.29, 1.82) is 0 Å². The highest BCUT2D eigenvalue weighted by Crippen LogP contribution is 2.14. The molecule has 0 N–H and O–H groups in total. The Morgan fingerprint density at radius 1 is 1.43 bits per heavy atom. The van der Waals surface area contributed by atoms with Crippen molar-refractivity contribution in [2.45, 2.75) is 46.3 Å². The molecule has 0 aromatic rings. The summed E-state index contributed by atoms with van der Waals surface area (Å²) in [5.41, 5.74) is 0. The van der Waals surface area contributed by atoms with Crippen LogP contribution in [0.1, 0.15) is 33.6 Å². The summed E-state index contributed by atoms with van der Waals surface area (Å²) in [5.74, 6) is 0.365. The van der Waals surface area contributed by atoms with Crippen molar-refractivity contribution in [3.63, 3.8) is 0 Å². The first-order chi connectivity index (χ1) is 6.57. The molecule has 0 aliphatic rings. The van der Waals surface area contributed by atoms with Gasteiger partial charge in [-0.1, -0.05) is 27.1 Å². The standard InChI is InChI=1S/C10H21BO3/c1-5-9(2)11(4)14-8-6-7-13-10(3)12/h9H,5-8H2,1-4H3/t9-/m1/s1. The largest absolute Gasteiger partial charge is 0.466 e. The van der Waals surface area contributed by atoms with Crippen molar-refractivity contribution in [3.8, 4) is 0 Å². The third kappa shape index (κ3) is 6.95. The lowest BCUT2D eigenvalue weighted by Crippen LogP contribution is -2.20. The second-order valence-electron chi connectivity index (χ2n) is 3.66. The predicted molar refractivity (Wildman–Crippen MR) is 58.5 cm³/mol. The topological polar surface area (TPSA) is 35.5 Å². The molecule has 4 heteroatoms. The Hall–Kier alpha value is -0.505. The van der Waals surface area contributed by atoms with Gasteiger partial charge in [0, 0.05) is 20.0 Å². The molecular weight excluding hydrogens is 179 g/mol. The zero-order valence-corrected chi connectivity index (χ0v) is 9.71. The Morgan fingerprint density at radius 3 is 2.57 bits per heavy atom. The second-order valence-corrected chi connectivity index (χ2v) is 3.66. The van der Waals surface area contributed by atoms with Crippen LogP contribution in [0.25, 0.3) is 0 Å². The Morgan fingerprint density at radius 2 is 2.07 bits per heavy atom. The quantitative estimate of drug-likeness (QED) is 0.359. The molecule has 0 aromatic carbocycles. The molecule has 0 fully saturated rings. The highest BCUT2D eigenvalue weighted by Gasteiger charge is 2.15. The molecule has 0 saturated carbocycles. The minimum Gasteiger partial charge on any atom is -0.466 e. The molecule has 0 amide bonds. The molecule has 0 aromatic heterocycles. The summed E-state index contributed by atoms with van der Waals surface area (Å²) < 4.78 is 10.4. The van der Waals surface area contributed by atoms with E-state index in [1.807, 2.05) is 0 Å². The molecule has 14 heavy (non-hydrogen) atoms. The van der Waals surface area contributed by atoms with Gasteiger partial charge in [0.1, 0.15) is 0 Å². The van der Waals surface area contributed by atoms with Crippen molar-refractivity contribution in [2.24, 2.45) is 0 Å². The van der Waals surface area contributed by atoms with Crippen LogP contribution in [-0.2, 0) is 14.2 Å². The van der Waals surface area contributed by atoms with Gasteiger partial charge in [0.05, 0.1) is 6.61 Å². The van der Waals surface area contributed by atoms with Crippen molar-refractivity contribution < 1.29 is 14.2 Å². The Balaban J connectivity index is 3.31. The molecular formula is C10H21BO3. The van der Waals surface area contributed by atoms with Crippen LogP contribution in [0.4, 0.5) is 0 Å². The number of hydrogen-bond donors (Lipinski definition) is 0. The second kappa shape index (κ2) is 7.86. The number of ether oxygens (including phenoxy) is 1. The summed E-state index contributed by atoms with van der Waals surface area (Å²) in [6.07, 6.45) is 1.91. The molecule has 0 aliphatic carbocycles. The van der Waals surface area contributed by atoms with E-state index >= 15 is 0 Å². The lowest BCUT2D eigenvalue weighted by molar-refractivity contribution is -0.141. The zero-order valence-electron chi connectivity index (χ0n) is 9.71. The lowest BCUT2D eigenvalue weighted by Gasteiger charge is -2.15. The molecule has 1 atom stereocenters. The van der Waals surface area contributed by atoms with E-state index in [2.05, 4.69) is 20.7 Å². The predicted octanol–water partition coefficient (Wildman–Crippen LogP) is 2.38. The zero-order chi connectivity index (χ0) is 11.0. The van der Waals surface area contributed by atoms with Crippen molar-refractivity contribution in [3.05, 3.63) is 0 Å². The first-order valence-electron chi connectivity index (χ1n) is 5.32. The fourth-order valence-corrected chi connectivity index (χ4v) is 1.04. The summed E-state index contributed by atoms with van der Waals surface area (Å²) >= 11 is 0. The van der Waals surface area contributed by atoms with E-state index in [4.69, 9.17) is 9.39 Å². The summed E-state index contributed by atoms with van der Waals surface area (Å²) in [5, 5.41) is 0. The molecule has 0 heterocycles. The fourth-order valence-electron chi connectivity index (χ4n) is 1.04. The number of esters is 1. The average Bonchev–Trinajstić information content (AvgIpc) is 2.15. The Bertz CT molecular complexity index is 161. The number of carbonyl (C=O) groups excluding carboxylic acids is 1. The summed E-state index contributed by atoms with van der Waals surface area (Å²) in [6, 6.07) is 0. The SMILES string of the molecule is CC[C@@H](C)B(C)OCCCOC(C)=O. The van der Waals surface area contributed by atoms with Gasteiger partial charge in [-0.15, -0.1) is 0 Å². The van der Waals surface area contributed by atoms with E-state index in [0.29, 0.717) is 19.0 Å². The van der Waals surface area contributed by atoms with Crippen molar-refractivity contribution in [2.75, 3.05) is 13.2 Å². The number of hydrogen-bond acceptors (Lipinski definition) is 3. The molecule has 82 valence electrons. The maximum atomic E-state index is 10.4. The van der Waals surface area contributed by atoms with Gasteiger partial charge in [0.2, 0.25) is 0 Å². The van der Waals surface area contributed by atoms with E-state index in [1.165, 1.54) is 6.92 Å². The summed E-state index contributed by atoms with van der Waals surface area (Å²) in [7, 11) is 0. The third-order valence-corrected chi connectivity index (χ3v) is 2.42. The van der Waals surface area contributed by atoms with Crippen LogP contribution < -0.4 is 0 Å². The molecule has 0 bridgehead atoms. The van der Waals surface area contributed by atoms with E-state index in [-0.39, 0.29) is 12.9 Å². The maximum Gasteiger partial charge on any atom is 0.302 e. The molecule has 0 rings (SSSR count). The average molecular weight is 200 g/mol. The summed E-state index contributed by atoms with van der Waals surface area (Å²) in [6.45, 7) is 9.25. The number of rotatable bonds is 7. The maximum absolute atomic E-state index is 10.4. The van der Waals surface area contributed by atoms with Crippen LogP contribution in [0.2, 0.25) is 12.6 Å². The van der Waals surface area contributed by atoms with Gasteiger partial charge in [-0.3, -0.25) is 4.79 Å². The van der Waals surface area contributed by atoms with Crippen LogP contribution in [0.5, 0.6) is 0 Å². The number of carbonyl (C=O) groups is 1. The van der Waals surface area contributed by atoms with Gasteiger partial charge in [0.15, 0.2) is 0 Å². The van der Waals surface area contributed by atoms with E-state index in [0.717, 1.165) is 12.8 Å². The van der Waals surface area contributed by atoms with Crippen LogP contribution in [0.15, 0.2) is 0 Å². The minimum absolute atomic E-state index is 0.222. The van der Waals surface area contributed by atoms with Gasteiger partial charge in [0.25, 0.3) is 6.92 Å². The fraction of sp³-hybridized carbons (Fsp3) is 0.900. The highest BCUT2D eigenvalue weighted by atomic mass is 16.5. The Kier molecular flexibility index (Phi) is 7.57. The molecule has 0 saturated heterocycles. The van der Waals surface area contributed by atoms with Gasteiger partial charge in [-0.2, -0.15) is 0 Å². The molecule has 0 aliphatic heterocycles. The van der Waals surface area contributed by atoms with E-state index in [1.54, 1.807) is 0 Å². The van der Waals surface area contributed by atoms with E-state index < -0.39 is 0 Å². The van der Waals surface area contributed by atoms with Gasteiger partial charge >= 0.3 is 5.97 Å². The molecule has 3 nitrogen and oxygen atoms in total. The first kappa shape index (κ1) is 13.5. The van der Waals surface area contributed by atoms with Crippen LogP contribution >= 0.6 is 0 Å². The smallest absolute Gasteiger partial charge is 0.302 e. The monoisotopic (exact) mass is 200 g/mol. The van der Waals surface area contributed by atoms with Crippen LogP contribution in [-0.4, -0.2) is 26.1 Å². The van der Waals surface area contributed by atoms with Crippen molar-refractivity contribution in [1.82, 2.24) is 0 Å². The van der Waals surface area contributed by atoms with E-state index in [9.17, 15) is 4.79 Å². The van der Waals surface area contributed by atoms with Crippen LogP contribution in [0, 0.1) is 0 Å². The lowest BCUT2D eigenvalue weighted by atomic mass is 9.58. The minimum atomic E-state index is -0.222. The van der Waals surface area contributed by atoms with Crippen LogP contribution in [0.3, 0.4) is 0 Å². The summed E-state index contributed by atoms with van der Waals surface area (Å²) in [4.78, 5) is 10.4. The van der Waals surface area contributed by atoms with Gasteiger partial charge in [-0.05, 0) is 5.82 Å². The van der Waals surface area contributed by atoms with Gasteiger partial charge in [-0.25, -0.2) is 0 Å². The molecule has 0 unspecified atom stereocenters. The third-order valence-electron chi connectivity index (χ3n) is 2.42. The highest BCUT2D eigenvalue weighted by molar-refractivity contribution is 6.51. The Labute approximate surface area is 87.3 Å². The molecule has 0 radical (unpaired) electrons. The van der Waals surface area contributed by atoms with Crippen molar-refractivity contribution >= 4 is 12.9 Å². The molecule has 0 spiro atoms. The van der Waals surface area contributed by atoms with Gasteiger partial charge < -0.3 is 9.39 Å². The normalized spacial score (nSPS) is 12.3.